The molecule has 0 spiro atoms. The summed E-state index contributed by atoms with van der Waals surface area (Å²) in [5.41, 5.74) is 4.18. The summed E-state index contributed by atoms with van der Waals surface area (Å²) in [5, 5.41) is 3.54. The first-order valence-electron chi connectivity index (χ1n) is 8.89. The topological polar surface area (TPSA) is 45.2 Å². The number of carbonyl (C=O) groups excluding carboxylic acids is 1. The van der Waals surface area contributed by atoms with Crippen LogP contribution in [0.3, 0.4) is 0 Å². The number of carbonyl (C=O) groups is 1. The van der Waals surface area contributed by atoms with Crippen LogP contribution in [0.1, 0.15) is 28.4 Å². The molecule has 3 aromatic rings. The van der Waals surface area contributed by atoms with Crippen molar-refractivity contribution >= 4 is 28.9 Å². The average molecular weight is 380 g/mol. The smallest absolute Gasteiger partial charge is 0.257 e. The predicted molar refractivity (Wildman–Crippen MR) is 112 cm³/mol. The van der Waals surface area contributed by atoms with Gasteiger partial charge in [0.15, 0.2) is 0 Å². The molecule has 0 fully saturated rings. The summed E-state index contributed by atoms with van der Waals surface area (Å²) < 4.78 is 0. The molecule has 0 saturated carbocycles. The molecule has 0 radical (unpaired) electrons. The van der Waals surface area contributed by atoms with Gasteiger partial charge in [0.2, 0.25) is 0 Å². The fourth-order valence-electron chi connectivity index (χ4n) is 2.85. The number of anilines is 2. The molecule has 0 bridgehead atoms. The van der Waals surface area contributed by atoms with E-state index in [2.05, 4.69) is 34.3 Å². The lowest BCUT2D eigenvalue weighted by Crippen LogP contribution is -2.23. The van der Waals surface area contributed by atoms with Gasteiger partial charge in [0, 0.05) is 30.0 Å². The number of benzene rings is 2. The summed E-state index contributed by atoms with van der Waals surface area (Å²) in [7, 11) is 0. The van der Waals surface area contributed by atoms with Gasteiger partial charge in [0.1, 0.15) is 0 Å². The van der Waals surface area contributed by atoms with Crippen LogP contribution in [-0.2, 0) is 6.54 Å². The molecule has 138 valence electrons. The molecule has 0 aliphatic carbocycles. The van der Waals surface area contributed by atoms with E-state index in [1.807, 2.05) is 43.3 Å². The number of nitrogens with one attached hydrogen (secondary N) is 1. The molecular formula is C22H22ClN3O. The fraction of sp³-hybridized carbons (Fsp3) is 0.182. The number of halogens is 1. The molecule has 0 saturated heterocycles. The molecule has 27 heavy (non-hydrogen) atoms. The lowest BCUT2D eigenvalue weighted by molar-refractivity contribution is 0.102. The number of pyridine rings is 1. The third kappa shape index (κ3) is 4.66. The number of hydrogen-bond acceptors (Lipinski definition) is 3. The van der Waals surface area contributed by atoms with Gasteiger partial charge < -0.3 is 10.2 Å². The van der Waals surface area contributed by atoms with E-state index in [0.717, 1.165) is 24.3 Å². The highest BCUT2D eigenvalue weighted by atomic mass is 35.5. The summed E-state index contributed by atoms with van der Waals surface area (Å²) in [4.78, 5) is 19.1. The van der Waals surface area contributed by atoms with Crippen molar-refractivity contribution in [2.75, 3.05) is 16.8 Å². The van der Waals surface area contributed by atoms with Gasteiger partial charge in [-0.25, -0.2) is 0 Å². The van der Waals surface area contributed by atoms with Gasteiger partial charge in [-0.15, -0.1) is 0 Å². The van der Waals surface area contributed by atoms with E-state index < -0.39 is 0 Å². The normalized spacial score (nSPS) is 10.5. The molecule has 2 aromatic carbocycles. The maximum Gasteiger partial charge on any atom is 0.257 e. The number of hydrogen-bond donors (Lipinski definition) is 1. The number of rotatable bonds is 6. The Labute approximate surface area is 164 Å². The van der Waals surface area contributed by atoms with Gasteiger partial charge in [0.05, 0.1) is 17.4 Å². The molecule has 3 rings (SSSR count). The monoisotopic (exact) mass is 379 g/mol. The van der Waals surface area contributed by atoms with E-state index in [1.165, 1.54) is 5.56 Å². The molecule has 0 atom stereocenters. The molecule has 1 N–H and O–H groups in total. The molecule has 1 heterocycles. The molecule has 0 aliphatic rings. The quantitative estimate of drug-likeness (QED) is 0.630. The van der Waals surface area contributed by atoms with Crippen molar-refractivity contribution in [1.29, 1.82) is 0 Å². The Bertz CT molecular complexity index is 928. The van der Waals surface area contributed by atoms with E-state index >= 15 is 0 Å². The van der Waals surface area contributed by atoms with Crippen molar-refractivity contribution in [2.45, 2.75) is 20.4 Å². The van der Waals surface area contributed by atoms with E-state index in [-0.39, 0.29) is 5.91 Å². The van der Waals surface area contributed by atoms with E-state index in [9.17, 15) is 4.79 Å². The van der Waals surface area contributed by atoms with E-state index in [1.54, 1.807) is 18.5 Å². The van der Waals surface area contributed by atoms with E-state index in [0.29, 0.717) is 16.3 Å². The predicted octanol–water partition coefficient (Wildman–Crippen LogP) is 5.32. The van der Waals surface area contributed by atoms with Crippen LogP contribution in [0.5, 0.6) is 0 Å². The van der Waals surface area contributed by atoms with Gasteiger partial charge in [-0.3, -0.25) is 9.78 Å². The van der Waals surface area contributed by atoms with Crippen molar-refractivity contribution < 1.29 is 4.79 Å². The molecule has 4 nitrogen and oxygen atoms in total. The molecule has 0 aliphatic heterocycles. The highest BCUT2D eigenvalue weighted by molar-refractivity contribution is 6.31. The summed E-state index contributed by atoms with van der Waals surface area (Å²) in [6.45, 7) is 5.54. The fourth-order valence-corrected chi connectivity index (χ4v) is 3.03. The average Bonchev–Trinajstić information content (AvgIpc) is 2.70. The Morgan fingerprint density at radius 1 is 1.11 bits per heavy atom. The second kappa shape index (κ2) is 8.69. The largest absolute Gasteiger partial charge is 0.366 e. The minimum Gasteiger partial charge on any atom is -0.366 e. The number of amides is 1. The SMILES string of the molecule is CCN(Cc1ccccc1)c1cncc(C(=O)Nc2cccc(Cl)c2C)c1. The third-order valence-corrected chi connectivity index (χ3v) is 4.87. The van der Waals surface area contributed by atoms with Gasteiger partial charge >= 0.3 is 0 Å². The first-order chi connectivity index (χ1) is 13.1. The first kappa shape index (κ1) is 18.9. The van der Waals surface area contributed by atoms with Crippen LogP contribution >= 0.6 is 11.6 Å². The zero-order valence-corrected chi connectivity index (χ0v) is 16.2. The zero-order valence-electron chi connectivity index (χ0n) is 15.4. The van der Waals surface area contributed by atoms with Gasteiger partial charge in [-0.2, -0.15) is 0 Å². The van der Waals surface area contributed by atoms with E-state index in [4.69, 9.17) is 11.6 Å². The Hall–Kier alpha value is -2.85. The highest BCUT2D eigenvalue weighted by Gasteiger charge is 2.13. The standard InChI is InChI=1S/C22H22ClN3O/c1-3-26(15-17-8-5-4-6-9-17)19-12-18(13-24-14-19)22(27)25-21-11-7-10-20(23)16(21)2/h4-14H,3,15H2,1-2H3,(H,25,27). The third-order valence-electron chi connectivity index (χ3n) is 4.47. The molecule has 0 unspecified atom stereocenters. The second-order valence-corrected chi connectivity index (χ2v) is 6.71. The maximum atomic E-state index is 12.7. The summed E-state index contributed by atoms with van der Waals surface area (Å²) in [6, 6.07) is 17.6. The molecule has 5 heteroatoms. The Morgan fingerprint density at radius 2 is 1.89 bits per heavy atom. The van der Waals surface area contributed by atoms with Gasteiger partial charge in [-0.05, 0) is 43.2 Å². The Kier molecular flexibility index (Phi) is 6.09. The molecule has 1 amide bonds. The maximum absolute atomic E-state index is 12.7. The van der Waals surface area contributed by atoms with Crippen LogP contribution in [0.15, 0.2) is 67.0 Å². The van der Waals surface area contributed by atoms with Crippen LogP contribution in [0.2, 0.25) is 5.02 Å². The van der Waals surface area contributed by atoms with Crippen molar-refractivity contribution in [2.24, 2.45) is 0 Å². The van der Waals surface area contributed by atoms with Crippen molar-refractivity contribution in [1.82, 2.24) is 4.98 Å². The molecule has 1 aromatic heterocycles. The highest BCUT2D eigenvalue weighted by Crippen LogP contribution is 2.24. The van der Waals surface area contributed by atoms with Crippen LogP contribution in [0.25, 0.3) is 0 Å². The van der Waals surface area contributed by atoms with Crippen molar-refractivity contribution in [3.05, 3.63) is 88.7 Å². The Morgan fingerprint density at radius 3 is 2.63 bits per heavy atom. The van der Waals surface area contributed by atoms with Crippen molar-refractivity contribution in [3.63, 3.8) is 0 Å². The second-order valence-electron chi connectivity index (χ2n) is 6.30. The minimum absolute atomic E-state index is 0.203. The van der Waals surface area contributed by atoms with Crippen LogP contribution in [-0.4, -0.2) is 17.4 Å². The summed E-state index contributed by atoms with van der Waals surface area (Å²) >= 11 is 6.14. The number of nitrogens with zero attached hydrogens (tertiary/aromatic N) is 2. The van der Waals surface area contributed by atoms with Crippen molar-refractivity contribution in [3.8, 4) is 0 Å². The number of aromatic nitrogens is 1. The van der Waals surface area contributed by atoms with Gasteiger partial charge in [0.25, 0.3) is 5.91 Å². The first-order valence-corrected chi connectivity index (χ1v) is 9.26. The Balaban J connectivity index is 1.79. The van der Waals surface area contributed by atoms with Crippen LogP contribution < -0.4 is 10.2 Å². The lowest BCUT2D eigenvalue weighted by atomic mass is 10.1. The zero-order chi connectivity index (χ0) is 19.2. The van der Waals surface area contributed by atoms with Crippen LogP contribution in [0, 0.1) is 6.92 Å². The summed E-state index contributed by atoms with van der Waals surface area (Å²) in [6.07, 6.45) is 3.36. The lowest BCUT2D eigenvalue weighted by Gasteiger charge is -2.23. The van der Waals surface area contributed by atoms with Crippen LogP contribution in [0.4, 0.5) is 11.4 Å². The summed E-state index contributed by atoms with van der Waals surface area (Å²) in [5.74, 6) is -0.203. The minimum atomic E-state index is -0.203. The molecular weight excluding hydrogens is 358 g/mol. The van der Waals surface area contributed by atoms with Gasteiger partial charge in [-0.1, -0.05) is 48.0 Å².